The minimum atomic E-state index is 0.550. The van der Waals surface area contributed by atoms with Gasteiger partial charge in [-0.15, -0.1) is 0 Å². The van der Waals surface area contributed by atoms with Gasteiger partial charge in [-0.25, -0.2) is 9.97 Å². The van der Waals surface area contributed by atoms with Crippen molar-refractivity contribution in [1.82, 2.24) is 9.97 Å². The SMILES string of the molecule is CC1CC1c1nccc(Cl)n1. The molecule has 1 saturated carbocycles. The van der Waals surface area contributed by atoms with Gasteiger partial charge in [-0.2, -0.15) is 0 Å². The molecule has 1 aliphatic rings. The second-order valence-electron chi connectivity index (χ2n) is 3.06. The Hall–Kier alpha value is -0.630. The summed E-state index contributed by atoms with van der Waals surface area (Å²) in [5.41, 5.74) is 0. The predicted molar refractivity (Wildman–Crippen MR) is 43.6 cm³/mol. The average molecular weight is 169 g/mol. The smallest absolute Gasteiger partial charge is 0.133 e. The third-order valence-electron chi connectivity index (χ3n) is 2.08. The first-order valence-electron chi connectivity index (χ1n) is 3.76. The van der Waals surface area contributed by atoms with Crippen LogP contribution in [0.5, 0.6) is 0 Å². The summed E-state index contributed by atoms with van der Waals surface area (Å²) in [6.07, 6.45) is 2.93. The van der Waals surface area contributed by atoms with Crippen molar-refractivity contribution >= 4 is 11.6 Å². The van der Waals surface area contributed by atoms with Gasteiger partial charge in [-0.1, -0.05) is 18.5 Å². The summed E-state index contributed by atoms with van der Waals surface area (Å²) in [6, 6.07) is 1.71. The fourth-order valence-corrected chi connectivity index (χ4v) is 1.35. The van der Waals surface area contributed by atoms with Gasteiger partial charge in [0.05, 0.1) is 0 Å². The molecular weight excluding hydrogens is 160 g/mol. The van der Waals surface area contributed by atoms with Gasteiger partial charge in [-0.05, 0) is 18.4 Å². The average Bonchev–Trinajstić information content (AvgIpc) is 2.67. The fraction of sp³-hybridized carbons (Fsp3) is 0.500. The Kier molecular flexibility index (Phi) is 1.57. The van der Waals surface area contributed by atoms with Crippen LogP contribution < -0.4 is 0 Å². The van der Waals surface area contributed by atoms with Gasteiger partial charge >= 0.3 is 0 Å². The first kappa shape index (κ1) is 7.04. The number of rotatable bonds is 1. The molecule has 1 aromatic rings. The molecule has 2 unspecified atom stereocenters. The van der Waals surface area contributed by atoms with Crippen LogP contribution in [0.15, 0.2) is 12.3 Å². The molecule has 1 heterocycles. The van der Waals surface area contributed by atoms with E-state index >= 15 is 0 Å². The molecular formula is C8H9ClN2. The van der Waals surface area contributed by atoms with Crippen LogP contribution in [-0.2, 0) is 0 Å². The first-order valence-corrected chi connectivity index (χ1v) is 4.13. The van der Waals surface area contributed by atoms with E-state index in [1.54, 1.807) is 12.3 Å². The van der Waals surface area contributed by atoms with Crippen molar-refractivity contribution in [2.24, 2.45) is 5.92 Å². The lowest BCUT2D eigenvalue weighted by atomic mass is 10.3. The summed E-state index contributed by atoms with van der Waals surface area (Å²) < 4.78 is 0. The molecule has 0 saturated heterocycles. The topological polar surface area (TPSA) is 25.8 Å². The van der Waals surface area contributed by atoms with Crippen molar-refractivity contribution in [2.75, 3.05) is 0 Å². The summed E-state index contributed by atoms with van der Waals surface area (Å²) in [5.74, 6) is 2.21. The summed E-state index contributed by atoms with van der Waals surface area (Å²) in [6.45, 7) is 2.20. The molecule has 11 heavy (non-hydrogen) atoms. The summed E-state index contributed by atoms with van der Waals surface area (Å²) in [4.78, 5) is 8.30. The molecule has 0 radical (unpaired) electrons. The van der Waals surface area contributed by atoms with E-state index in [2.05, 4.69) is 16.9 Å². The van der Waals surface area contributed by atoms with Crippen LogP contribution in [0.25, 0.3) is 0 Å². The standard InChI is InChI=1S/C8H9ClN2/c1-5-4-6(5)8-10-3-2-7(9)11-8/h2-3,5-6H,4H2,1H3. The van der Waals surface area contributed by atoms with Crippen LogP contribution in [0.4, 0.5) is 0 Å². The van der Waals surface area contributed by atoms with Gasteiger partial charge in [0.25, 0.3) is 0 Å². The van der Waals surface area contributed by atoms with Crippen molar-refractivity contribution in [3.63, 3.8) is 0 Å². The minimum Gasteiger partial charge on any atom is -0.241 e. The van der Waals surface area contributed by atoms with Crippen molar-refractivity contribution in [2.45, 2.75) is 19.3 Å². The Morgan fingerprint density at radius 2 is 2.36 bits per heavy atom. The molecule has 0 bridgehead atoms. The lowest BCUT2D eigenvalue weighted by Gasteiger charge is -1.95. The molecule has 0 amide bonds. The summed E-state index contributed by atoms with van der Waals surface area (Å²) in [7, 11) is 0. The highest BCUT2D eigenvalue weighted by molar-refractivity contribution is 6.29. The molecule has 0 spiro atoms. The van der Waals surface area contributed by atoms with Crippen molar-refractivity contribution in [3.05, 3.63) is 23.2 Å². The Labute approximate surface area is 70.6 Å². The maximum absolute atomic E-state index is 5.71. The number of nitrogens with zero attached hydrogens (tertiary/aromatic N) is 2. The summed E-state index contributed by atoms with van der Waals surface area (Å²) in [5, 5.41) is 0.550. The highest BCUT2D eigenvalue weighted by Crippen LogP contribution is 2.45. The zero-order chi connectivity index (χ0) is 7.84. The highest BCUT2D eigenvalue weighted by atomic mass is 35.5. The molecule has 1 fully saturated rings. The molecule has 2 atom stereocenters. The van der Waals surface area contributed by atoms with Gasteiger partial charge in [0.15, 0.2) is 0 Å². The van der Waals surface area contributed by atoms with Crippen LogP contribution in [0, 0.1) is 5.92 Å². The van der Waals surface area contributed by atoms with Crippen molar-refractivity contribution in [1.29, 1.82) is 0 Å². The molecule has 3 heteroatoms. The number of aromatic nitrogens is 2. The molecule has 2 rings (SSSR count). The van der Waals surface area contributed by atoms with E-state index in [0.29, 0.717) is 11.1 Å². The second kappa shape index (κ2) is 2.45. The van der Waals surface area contributed by atoms with Crippen LogP contribution in [-0.4, -0.2) is 9.97 Å². The van der Waals surface area contributed by atoms with Crippen LogP contribution >= 0.6 is 11.6 Å². The van der Waals surface area contributed by atoms with E-state index < -0.39 is 0 Å². The quantitative estimate of drug-likeness (QED) is 0.602. The third kappa shape index (κ3) is 1.36. The second-order valence-corrected chi connectivity index (χ2v) is 3.44. The zero-order valence-corrected chi connectivity index (χ0v) is 7.04. The van der Waals surface area contributed by atoms with Crippen LogP contribution in [0.1, 0.15) is 25.1 Å². The van der Waals surface area contributed by atoms with E-state index in [4.69, 9.17) is 11.6 Å². The summed E-state index contributed by atoms with van der Waals surface area (Å²) >= 11 is 5.71. The van der Waals surface area contributed by atoms with Gasteiger partial charge in [0.1, 0.15) is 11.0 Å². The number of hydrogen-bond acceptors (Lipinski definition) is 2. The van der Waals surface area contributed by atoms with Gasteiger partial charge < -0.3 is 0 Å². The molecule has 0 aliphatic heterocycles. The first-order chi connectivity index (χ1) is 5.27. The maximum Gasteiger partial charge on any atom is 0.133 e. The van der Waals surface area contributed by atoms with E-state index in [1.165, 1.54) is 6.42 Å². The lowest BCUT2D eigenvalue weighted by molar-refractivity contribution is 0.842. The Morgan fingerprint density at radius 1 is 1.64 bits per heavy atom. The van der Waals surface area contributed by atoms with Crippen molar-refractivity contribution in [3.8, 4) is 0 Å². The Morgan fingerprint density at radius 3 is 2.91 bits per heavy atom. The van der Waals surface area contributed by atoms with Crippen molar-refractivity contribution < 1.29 is 0 Å². The minimum absolute atomic E-state index is 0.550. The van der Waals surface area contributed by atoms with E-state index in [-0.39, 0.29) is 0 Å². The lowest BCUT2D eigenvalue weighted by Crippen LogP contribution is -1.91. The zero-order valence-electron chi connectivity index (χ0n) is 6.29. The van der Waals surface area contributed by atoms with Crippen LogP contribution in [0.3, 0.4) is 0 Å². The fourth-order valence-electron chi connectivity index (χ4n) is 1.21. The monoisotopic (exact) mass is 168 g/mol. The Balaban J connectivity index is 2.25. The van der Waals surface area contributed by atoms with Gasteiger partial charge in [0, 0.05) is 12.1 Å². The van der Waals surface area contributed by atoms with E-state index in [0.717, 1.165) is 11.7 Å². The van der Waals surface area contributed by atoms with E-state index in [9.17, 15) is 0 Å². The van der Waals surface area contributed by atoms with E-state index in [1.807, 2.05) is 0 Å². The van der Waals surface area contributed by atoms with Crippen LogP contribution in [0.2, 0.25) is 5.15 Å². The number of hydrogen-bond donors (Lipinski definition) is 0. The maximum atomic E-state index is 5.71. The number of halogens is 1. The normalized spacial score (nSPS) is 28.5. The highest BCUT2D eigenvalue weighted by Gasteiger charge is 2.36. The molecule has 1 aliphatic carbocycles. The largest absolute Gasteiger partial charge is 0.241 e. The Bertz CT molecular complexity index is 275. The molecule has 58 valence electrons. The third-order valence-corrected chi connectivity index (χ3v) is 2.29. The molecule has 1 aromatic heterocycles. The van der Waals surface area contributed by atoms with Gasteiger partial charge in [0.2, 0.25) is 0 Å². The molecule has 0 N–H and O–H groups in total. The van der Waals surface area contributed by atoms with Gasteiger partial charge in [-0.3, -0.25) is 0 Å². The molecule has 0 aromatic carbocycles. The predicted octanol–water partition coefficient (Wildman–Crippen LogP) is 2.25. The molecule has 2 nitrogen and oxygen atoms in total.